The summed E-state index contributed by atoms with van der Waals surface area (Å²) in [6.07, 6.45) is 5.40. The smallest absolute Gasteiger partial charge is 0.107 e. The average molecular weight is 279 g/mol. The Morgan fingerprint density at radius 2 is 2.00 bits per heavy atom. The average Bonchev–Trinajstić information content (AvgIpc) is 3.17. The van der Waals surface area contributed by atoms with E-state index in [1.807, 2.05) is 18.4 Å². The summed E-state index contributed by atoms with van der Waals surface area (Å²) in [6, 6.07) is 0. The minimum absolute atomic E-state index is 0.773. The molecule has 0 spiro atoms. The van der Waals surface area contributed by atoms with E-state index in [9.17, 15) is 0 Å². The monoisotopic (exact) mass is 279 g/mol. The predicted molar refractivity (Wildman–Crippen MR) is 80.5 cm³/mol. The van der Waals surface area contributed by atoms with Crippen LogP contribution in [0.2, 0.25) is 0 Å². The Balaban J connectivity index is 1.65. The van der Waals surface area contributed by atoms with Crippen molar-refractivity contribution in [2.24, 2.45) is 5.92 Å². The van der Waals surface area contributed by atoms with E-state index in [4.69, 9.17) is 4.98 Å². The second-order valence-electron chi connectivity index (χ2n) is 6.18. The van der Waals surface area contributed by atoms with Crippen LogP contribution in [0.25, 0.3) is 0 Å². The third-order valence-electron chi connectivity index (χ3n) is 4.31. The maximum atomic E-state index is 4.94. The van der Waals surface area contributed by atoms with E-state index in [0.29, 0.717) is 0 Å². The fourth-order valence-corrected chi connectivity index (χ4v) is 4.06. The summed E-state index contributed by atoms with van der Waals surface area (Å²) in [7, 11) is 2.03. The molecule has 1 aromatic rings. The molecule has 0 amide bonds. The third kappa shape index (κ3) is 3.36. The number of nitrogens with one attached hydrogen (secondary N) is 1. The SMILES string of the molecule is CNCc1sc(CN2CCC(C)CC2)nc1C1CC1. The molecule has 1 saturated carbocycles. The highest BCUT2D eigenvalue weighted by atomic mass is 32.1. The standard InChI is InChI=1S/C15H25N3S/c1-11-5-7-18(8-6-11)10-14-17-15(12-3-4-12)13(19-14)9-16-2/h11-12,16H,3-10H2,1-2H3. The highest BCUT2D eigenvalue weighted by Gasteiger charge is 2.29. The first-order valence-corrected chi connectivity index (χ1v) is 8.43. The Labute approximate surface area is 120 Å². The van der Waals surface area contributed by atoms with Crippen LogP contribution in [0.3, 0.4) is 0 Å². The van der Waals surface area contributed by atoms with Gasteiger partial charge >= 0.3 is 0 Å². The van der Waals surface area contributed by atoms with Crippen LogP contribution in [0.5, 0.6) is 0 Å². The summed E-state index contributed by atoms with van der Waals surface area (Å²) >= 11 is 1.93. The number of rotatable bonds is 5. The molecule has 0 unspecified atom stereocenters. The zero-order valence-electron chi connectivity index (χ0n) is 12.1. The number of aromatic nitrogens is 1. The van der Waals surface area contributed by atoms with Gasteiger partial charge in [0.2, 0.25) is 0 Å². The number of likely N-dealkylation sites (tertiary alicyclic amines) is 1. The van der Waals surface area contributed by atoms with Gasteiger partial charge < -0.3 is 5.32 Å². The number of hydrogen-bond donors (Lipinski definition) is 1. The molecule has 0 atom stereocenters. The van der Waals surface area contributed by atoms with Crippen LogP contribution in [0, 0.1) is 5.92 Å². The fraction of sp³-hybridized carbons (Fsp3) is 0.800. The first kappa shape index (κ1) is 13.5. The van der Waals surface area contributed by atoms with Gasteiger partial charge in [0.15, 0.2) is 0 Å². The van der Waals surface area contributed by atoms with Gasteiger partial charge in [0.05, 0.1) is 12.2 Å². The van der Waals surface area contributed by atoms with Crippen molar-refractivity contribution in [1.29, 1.82) is 0 Å². The van der Waals surface area contributed by atoms with Gasteiger partial charge in [-0.3, -0.25) is 4.90 Å². The first-order valence-electron chi connectivity index (χ1n) is 7.61. The second kappa shape index (κ2) is 5.90. The summed E-state index contributed by atoms with van der Waals surface area (Å²) in [5.41, 5.74) is 1.40. The Bertz CT molecular complexity index is 417. The van der Waals surface area contributed by atoms with Crippen LogP contribution < -0.4 is 5.32 Å². The molecule has 1 N–H and O–H groups in total. The molecule has 106 valence electrons. The van der Waals surface area contributed by atoms with Crippen molar-refractivity contribution in [2.45, 2.75) is 51.6 Å². The molecule has 2 aliphatic rings. The molecule has 1 aromatic heterocycles. The maximum absolute atomic E-state index is 4.94. The molecule has 1 aliphatic carbocycles. The van der Waals surface area contributed by atoms with Crippen molar-refractivity contribution in [3.8, 4) is 0 Å². The molecular weight excluding hydrogens is 254 g/mol. The lowest BCUT2D eigenvalue weighted by Crippen LogP contribution is -2.32. The van der Waals surface area contributed by atoms with Gasteiger partial charge in [0.25, 0.3) is 0 Å². The molecule has 3 nitrogen and oxygen atoms in total. The van der Waals surface area contributed by atoms with Crippen molar-refractivity contribution in [1.82, 2.24) is 15.2 Å². The van der Waals surface area contributed by atoms with Gasteiger partial charge in [-0.05, 0) is 51.7 Å². The number of hydrogen-bond acceptors (Lipinski definition) is 4. The first-order chi connectivity index (χ1) is 9.26. The Morgan fingerprint density at radius 1 is 1.26 bits per heavy atom. The predicted octanol–water partition coefficient (Wildman–Crippen LogP) is 2.97. The fourth-order valence-electron chi connectivity index (χ4n) is 2.86. The van der Waals surface area contributed by atoms with Crippen molar-refractivity contribution >= 4 is 11.3 Å². The topological polar surface area (TPSA) is 28.2 Å². The van der Waals surface area contributed by atoms with Crippen molar-refractivity contribution in [3.05, 3.63) is 15.6 Å². The Hall–Kier alpha value is -0.450. The van der Waals surface area contributed by atoms with Crippen LogP contribution in [0.4, 0.5) is 0 Å². The van der Waals surface area contributed by atoms with Crippen LogP contribution in [0.1, 0.15) is 54.1 Å². The highest BCUT2D eigenvalue weighted by molar-refractivity contribution is 7.11. The van der Waals surface area contributed by atoms with Crippen LogP contribution in [0.15, 0.2) is 0 Å². The summed E-state index contributed by atoms with van der Waals surface area (Å²) < 4.78 is 0. The Kier molecular flexibility index (Phi) is 4.20. The van der Waals surface area contributed by atoms with Crippen LogP contribution in [-0.4, -0.2) is 30.0 Å². The molecule has 0 aromatic carbocycles. The zero-order chi connectivity index (χ0) is 13.2. The van der Waals surface area contributed by atoms with Crippen LogP contribution >= 0.6 is 11.3 Å². The van der Waals surface area contributed by atoms with Gasteiger partial charge in [-0.2, -0.15) is 0 Å². The quantitative estimate of drug-likeness (QED) is 0.898. The molecular formula is C15H25N3S. The maximum Gasteiger partial charge on any atom is 0.107 e. The summed E-state index contributed by atoms with van der Waals surface area (Å²) in [5, 5.41) is 4.62. The summed E-state index contributed by atoms with van der Waals surface area (Å²) in [4.78, 5) is 9.00. The normalized spacial score (nSPS) is 22.0. The minimum atomic E-state index is 0.773. The minimum Gasteiger partial charge on any atom is -0.315 e. The molecule has 1 aliphatic heterocycles. The van der Waals surface area contributed by atoms with Crippen molar-refractivity contribution in [2.75, 3.05) is 20.1 Å². The van der Waals surface area contributed by atoms with E-state index in [-0.39, 0.29) is 0 Å². The third-order valence-corrected chi connectivity index (χ3v) is 5.36. The van der Waals surface area contributed by atoms with E-state index < -0.39 is 0 Å². The molecule has 0 radical (unpaired) electrons. The number of nitrogens with zero attached hydrogens (tertiary/aromatic N) is 2. The van der Waals surface area contributed by atoms with Crippen molar-refractivity contribution < 1.29 is 0 Å². The number of thiazole rings is 1. The Morgan fingerprint density at radius 3 is 2.63 bits per heavy atom. The lowest BCUT2D eigenvalue weighted by Gasteiger charge is -2.29. The molecule has 3 rings (SSSR count). The van der Waals surface area contributed by atoms with E-state index >= 15 is 0 Å². The molecule has 2 heterocycles. The van der Waals surface area contributed by atoms with Crippen LogP contribution in [-0.2, 0) is 13.1 Å². The van der Waals surface area contributed by atoms with E-state index in [2.05, 4.69) is 17.1 Å². The van der Waals surface area contributed by atoms with E-state index in [1.165, 1.54) is 54.4 Å². The second-order valence-corrected chi connectivity index (χ2v) is 7.35. The van der Waals surface area contributed by atoms with Gasteiger partial charge in [0, 0.05) is 17.3 Å². The summed E-state index contributed by atoms with van der Waals surface area (Å²) in [6.45, 7) is 6.93. The zero-order valence-corrected chi connectivity index (χ0v) is 12.9. The molecule has 1 saturated heterocycles. The number of piperidine rings is 1. The van der Waals surface area contributed by atoms with E-state index in [1.54, 1.807) is 0 Å². The van der Waals surface area contributed by atoms with Gasteiger partial charge in [-0.15, -0.1) is 11.3 Å². The lowest BCUT2D eigenvalue weighted by molar-refractivity contribution is 0.185. The van der Waals surface area contributed by atoms with Crippen molar-refractivity contribution in [3.63, 3.8) is 0 Å². The summed E-state index contributed by atoms with van der Waals surface area (Å²) in [5.74, 6) is 1.68. The van der Waals surface area contributed by atoms with Gasteiger partial charge in [-0.25, -0.2) is 4.98 Å². The molecule has 4 heteroatoms. The van der Waals surface area contributed by atoms with E-state index in [0.717, 1.165) is 24.9 Å². The molecule has 2 fully saturated rings. The van der Waals surface area contributed by atoms with Gasteiger partial charge in [0.1, 0.15) is 5.01 Å². The largest absolute Gasteiger partial charge is 0.315 e. The lowest BCUT2D eigenvalue weighted by atomic mass is 9.99. The highest BCUT2D eigenvalue weighted by Crippen LogP contribution is 2.42. The molecule has 19 heavy (non-hydrogen) atoms. The molecule has 0 bridgehead atoms. The van der Waals surface area contributed by atoms with Gasteiger partial charge in [-0.1, -0.05) is 6.92 Å².